The molecule has 0 atom stereocenters. The SMILES string of the molecule is c1ccc(N(c2ccc3c(c2)oc2ccccc23)c2cc3c(cc2-c2ccc4c(c2)CCCC4)-c2ccccc2C32c3ccccc3-c3ccccc32)cc1. The predicted molar refractivity (Wildman–Crippen MR) is 227 cm³/mol. The Morgan fingerprint density at radius 3 is 1.76 bits per heavy atom. The van der Waals surface area contributed by atoms with Crippen molar-refractivity contribution in [3.8, 4) is 33.4 Å². The third-order valence-electron chi connectivity index (χ3n) is 12.6. The zero-order valence-corrected chi connectivity index (χ0v) is 30.4. The van der Waals surface area contributed by atoms with E-state index >= 15 is 0 Å². The number of hydrogen-bond acceptors (Lipinski definition) is 2. The van der Waals surface area contributed by atoms with Crippen LogP contribution >= 0.6 is 0 Å². The lowest BCUT2D eigenvalue weighted by Gasteiger charge is -2.33. The maximum Gasteiger partial charge on any atom is 0.137 e. The molecule has 0 amide bonds. The highest BCUT2D eigenvalue weighted by Gasteiger charge is 2.52. The number of rotatable bonds is 4. The lowest BCUT2D eigenvalue weighted by atomic mass is 9.70. The van der Waals surface area contributed by atoms with E-state index in [0.29, 0.717) is 0 Å². The highest BCUT2D eigenvalue weighted by atomic mass is 16.3. The fraction of sp³-hybridized carbons (Fsp3) is 0.0943. The summed E-state index contributed by atoms with van der Waals surface area (Å²) in [5.41, 5.74) is 20.8. The molecule has 0 saturated heterocycles. The topological polar surface area (TPSA) is 16.4 Å². The molecule has 0 N–H and O–H groups in total. The summed E-state index contributed by atoms with van der Waals surface area (Å²) in [6.45, 7) is 0. The molecule has 0 bridgehead atoms. The molecule has 0 unspecified atom stereocenters. The number of benzene rings is 8. The summed E-state index contributed by atoms with van der Waals surface area (Å²) < 4.78 is 6.54. The summed E-state index contributed by atoms with van der Waals surface area (Å²) in [7, 11) is 0. The molecule has 3 aliphatic carbocycles. The normalized spacial score (nSPS) is 14.4. The van der Waals surface area contributed by atoms with Gasteiger partial charge in [-0.1, -0.05) is 127 Å². The zero-order chi connectivity index (χ0) is 36.1. The maximum atomic E-state index is 6.54. The van der Waals surface area contributed by atoms with Crippen LogP contribution in [-0.4, -0.2) is 0 Å². The van der Waals surface area contributed by atoms with Crippen LogP contribution in [0.5, 0.6) is 0 Å². The molecule has 2 nitrogen and oxygen atoms in total. The van der Waals surface area contributed by atoms with Crippen LogP contribution in [0.15, 0.2) is 180 Å². The number of aryl methyl sites for hydroxylation is 2. The Kier molecular flexibility index (Phi) is 6.54. The van der Waals surface area contributed by atoms with Crippen LogP contribution < -0.4 is 4.90 Å². The Bertz CT molecular complexity index is 2960. The Hall–Kier alpha value is -6.64. The monoisotopic (exact) mass is 703 g/mol. The molecular formula is C53H37NO. The molecule has 1 aromatic heterocycles. The average molecular weight is 704 g/mol. The molecule has 55 heavy (non-hydrogen) atoms. The second-order valence-corrected chi connectivity index (χ2v) is 15.4. The van der Waals surface area contributed by atoms with E-state index in [2.05, 4.69) is 175 Å². The van der Waals surface area contributed by atoms with Gasteiger partial charge in [0.2, 0.25) is 0 Å². The lowest BCUT2D eigenvalue weighted by Crippen LogP contribution is -2.26. The van der Waals surface area contributed by atoms with Crippen molar-refractivity contribution >= 4 is 39.0 Å². The quantitative estimate of drug-likeness (QED) is 0.181. The highest BCUT2D eigenvalue weighted by molar-refractivity contribution is 6.07. The van der Waals surface area contributed by atoms with E-state index in [-0.39, 0.29) is 0 Å². The number of furan rings is 1. The Balaban J connectivity index is 1.20. The van der Waals surface area contributed by atoms with Crippen molar-refractivity contribution in [3.05, 3.63) is 209 Å². The van der Waals surface area contributed by atoms with Crippen molar-refractivity contribution < 1.29 is 4.42 Å². The van der Waals surface area contributed by atoms with E-state index < -0.39 is 5.41 Å². The van der Waals surface area contributed by atoms with Gasteiger partial charge >= 0.3 is 0 Å². The molecular weight excluding hydrogens is 667 g/mol. The second kappa shape index (κ2) is 11.7. The van der Waals surface area contributed by atoms with E-state index in [1.807, 2.05) is 6.07 Å². The van der Waals surface area contributed by atoms with E-state index in [1.165, 1.54) is 79.6 Å². The van der Waals surface area contributed by atoms with E-state index in [1.54, 1.807) is 0 Å². The van der Waals surface area contributed by atoms with Gasteiger partial charge in [0.25, 0.3) is 0 Å². The van der Waals surface area contributed by atoms with Crippen LogP contribution in [0.25, 0.3) is 55.3 Å². The molecule has 12 rings (SSSR count). The van der Waals surface area contributed by atoms with E-state index in [9.17, 15) is 0 Å². The molecule has 0 radical (unpaired) electrons. The summed E-state index contributed by atoms with van der Waals surface area (Å²) in [6.07, 6.45) is 4.81. The van der Waals surface area contributed by atoms with E-state index in [0.717, 1.165) is 51.8 Å². The molecule has 3 aliphatic rings. The summed E-state index contributed by atoms with van der Waals surface area (Å²) in [4.78, 5) is 2.46. The van der Waals surface area contributed by atoms with Crippen molar-refractivity contribution in [2.75, 3.05) is 4.90 Å². The predicted octanol–water partition coefficient (Wildman–Crippen LogP) is 13.9. The standard InChI is InChI=1S/C53H37NO/c1-2-16-37(17-3-1)54(38-28-29-43-42-21-9-13-25-51(42)55-52(43)31-38)50-33-49-45(32-44(50)36-27-26-34-14-4-5-15-35(34)30-36)41-20-8-12-24-48(41)53(49)46-22-10-6-18-39(46)40-19-7-11-23-47(40)53/h1-3,6-13,16-33H,4-5,14-15H2. The van der Waals surface area contributed by atoms with Gasteiger partial charge in [-0.3, -0.25) is 0 Å². The van der Waals surface area contributed by atoms with Gasteiger partial charge in [0.1, 0.15) is 11.2 Å². The molecule has 1 spiro atoms. The van der Waals surface area contributed by atoms with E-state index in [4.69, 9.17) is 4.42 Å². The van der Waals surface area contributed by atoms with Crippen molar-refractivity contribution in [1.82, 2.24) is 0 Å². The summed E-state index contributed by atoms with van der Waals surface area (Å²) in [6, 6.07) is 65.6. The molecule has 1 heterocycles. The Labute approximate surface area is 320 Å². The van der Waals surface area contributed by atoms with Crippen LogP contribution in [0.3, 0.4) is 0 Å². The average Bonchev–Trinajstić information content (AvgIpc) is 3.87. The minimum Gasteiger partial charge on any atom is -0.456 e. The van der Waals surface area contributed by atoms with Crippen molar-refractivity contribution in [3.63, 3.8) is 0 Å². The molecule has 8 aromatic carbocycles. The maximum absolute atomic E-state index is 6.54. The van der Waals surface area contributed by atoms with Crippen LogP contribution in [0.4, 0.5) is 17.1 Å². The van der Waals surface area contributed by atoms with Crippen LogP contribution in [0, 0.1) is 0 Å². The van der Waals surface area contributed by atoms with Crippen molar-refractivity contribution in [2.45, 2.75) is 31.1 Å². The van der Waals surface area contributed by atoms with Gasteiger partial charge in [-0.05, 0) is 129 Å². The highest BCUT2D eigenvalue weighted by Crippen LogP contribution is 2.64. The minimum absolute atomic E-state index is 0.451. The molecule has 2 heteroatoms. The van der Waals surface area contributed by atoms with Gasteiger partial charge in [-0.15, -0.1) is 0 Å². The van der Waals surface area contributed by atoms with Gasteiger partial charge in [-0.2, -0.15) is 0 Å². The number of fused-ring (bicyclic) bond motifs is 14. The van der Waals surface area contributed by atoms with Crippen molar-refractivity contribution in [1.29, 1.82) is 0 Å². The summed E-state index contributed by atoms with van der Waals surface area (Å²) >= 11 is 0. The smallest absolute Gasteiger partial charge is 0.137 e. The van der Waals surface area contributed by atoms with Gasteiger partial charge in [0.15, 0.2) is 0 Å². The molecule has 0 aliphatic heterocycles. The van der Waals surface area contributed by atoms with Gasteiger partial charge in [0, 0.05) is 33.8 Å². The Morgan fingerprint density at radius 2 is 1.02 bits per heavy atom. The lowest BCUT2D eigenvalue weighted by molar-refractivity contribution is 0.669. The molecule has 9 aromatic rings. The fourth-order valence-corrected chi connectivity index (χ4v) is 10.3. The second-order valence-electron chi connectivity index (χ2n) is 15.4. The third kappa shape index (κ3) is 4.31. The molecule has 0 saturated carbocycles. The largest absolute Gasteiger partial charge is 0.456 e. The Morgan fingerprint density at radius 1 is 0.400 bits per heavy atom. The van der Waals surface area contributed by atoms with Gasteiger partial charge in [-0.25, -0.2) is 0 Å². The van der Waals surface area contributed by atoms with Gasteiger partial charge < -0.3 is 9.32 Å². The number of anilines is 3. The molecule has 0 fully saturated rings. The first-order valence-corrected chi connectivity index (χ1v) is 19.6. The first-order chi connectivity index (χ1) is 27.3. The summed E-state index contributed by atoms with van der Waals surface area (Å²) in [5, 5.41) is 2.27. The third-order valence-corrected chi connectivity index (χ3v) is 12.6. The minimum atomic E-state index is -0.451. The van der Waals surface area contributed by atoms with Crippen molar-refractivity contribution in [2.24, 2.45) is 0 Å². The summed E-state index contributed by atoms with van der Waals surface area (Å²) in [5.74, 6) is 0. The first kappa shape index (κ1) is 30.8. The number of nitrogens with zero attached hydrogens (tertiary/aromatic N) is 1. The number of hydrogen-bond donors (Lipinski definition) is 0. The number of para-hydroxylation sites is 2. The van der Waals surface area contributed by atoms with Crippen LogP contribution in [-0.2, 0) is 18.3 Å². The van der Waals surface area contributed by atoms with Crippen LogP contribution in [0.2, 0.25) is 0 Å². The molecule has 260 valence electrons. The van der Waals surface area contributed by atoms with Crippen LogP contribution in [0.1, 0.15) is 46.2 Å². The fourth-order valence-electron chi connectivity index (χ4n) is 10.3. The first-order valence-electron chi connectivity index (χ1n) is 19.6. The zero-order valence-electron chi connectivity index (χ0n) is 30.4. The van der Waals surface area contributed by atoms with Gasteiger partial charge in [0.05, 0.1) is 11.1 Å².